The highest BCUT2D eigenvalue weighted by Gasteiger charge is 2.35. The second-order valence-corrected chi connectivity index (χ2v) is 4.70. The summed E-state index contributed by atoms with van der Waals surface area (Å²) < 4.78 is 62.7. The van der Waals surface area contributed by atoms with Crippen LogP contribution < -0.4 is 5.73 Å². The van der Waals surface area contributed by atoms with E-state index in [4.69, 9.17) is 17.3 Å². The molecule has 2 N–H and O–H groups in total. The molecule has 102 valence electrons. The second kappa shape index (κ2) is 5.01. The van der Waals surface area contributed by atoms with Gasteiger partial charge in [-0.3, -0.25) is 0 Å². The fourth-order valence-corrected chi connectivity index (χ4v) is 1.64. The summed E-state index contributed by atoms with van der Waals surface area (Å²) >= 11 is 5.42. The van der Waals surface area contributed by atoms with E-state index in [0.29, 0.717) is 0 Å². The Morgan fingerprint density at radius 2 is 1.83 bits per heavy atom. The predicted molar refractivity (Wildman–Crippen MR) is 58.8 cm³/mol. The van der Waals surface area contributed by atoms with Crippen LogP contribution in [0.3, 0.4) is 0 Å². The minimum Gasteiger partial charge on any atom is -0.320 e. The molecule has 1 aromatic carbocycles. The van der Waals surface area contributed by atoms with Crippen molar-refractivity contribution < 1.29 is 22.0 Å². The zero-order valence-electron chi connectivity index (χ0n) is 9.36. The van der Waals surface area contributed by atoms with E-state index in [1.54, 1.807) is 0 Å². The second-order valence-electron chi connectivity index (χ2n) is 4.30. The molecule has 0 spiro atoms. The Balaban J connectivity index is 3.07. The van der Waals surface area contributed by atoms with E-state index in [9.17, 15) is 22.0 Å². The Morgan fingerprint density at radius 3 is 2.28 bits per heavy atom. The molecule has 0 aromatic heterocycles. The van der Waals surface area contributed by atoms with Crippen LogP contribution >= 0.6 is 11.6 Å². The first kappa shape index (κ1) is 15.2. The first-order valence-corrected chi connectivity index (χ1v) is 5.34. The van der Waals surface area contributed by atoms with Gasteiger partial charge < -0.3 is 5.73 Å². The van der Waals surface area contributed by atoms with E-state index in [1.807, 2.05) is 0 Å². The zero-order valence-corrected chi connectivity index (χ0v) is 10.1. The molecule has 1 nitrogen and oxygen atoms in total. The minimum atomic E-state index is -4.62. The predicted octanol–water partition coefficient (Wildman–Crippen LogP) is 3.88. The number of nitrogens with two attached hydrogens (primary N) is 1. The van der Waals surface area contributed by atoms with Gasteiger partial charge in [0.2, 0.25) is 0 Å². The van der Waals surface area contributed by atoms with Gasteiger partial charge in [-0.15, -0.1) is 0 Å². The molecule has 0 saturated carbocycles. The summed E-state index contributed by atoms with van der Waals surface area (Å²) in [5, 5.41) is -0.470. The van der Waals surface area contributed by atoms with Crippen molar-refractivity contribution in [2.45, 2.75) is 31.5 Å². The van der Waals surface area contributed by atoms with Gasteiger partial charge >= 0.3 is 6.18 Å². The minimum absolute atomic E-state index is 0.0667. The Morgan fingerprint density at radius 1 is 1.28 bits per heavy atom. The van der Waals surface area contributed by atoms with E-state index in [0.717, 1.165) is 19.1 Å². The number of benzene rings is 1. The molecule has 0 radical (unpaired) electrons. The van der Waals surface area contributed by atoms with Gasteiger partial charge in [-0.1, -0.05) is 17.7 Å². The summed E-state index contributed by atoms with van der Waals surface area (Å²) in [7, 11) is 0. The van der Waals surface area contributed by atoms with Crippen LogP contribution in [0.5, 0.6) is 0 Å². The SMILES string of the molecule is CC(N)(Cc1ccc(Cl)c(C(F)(F)F)c1)C(F)F. The number of alkyl halides is 5. The van der Waals surface area contributed by atoms with Crippen molar-refractivity contribution in [1.29, 1.82) is 0 Å². The summed E-state index contributed by atoms with van der Waals surface area (Å²) in [6.07, 6.45) is -7.82. The molecule has 1 atom stereocenters. The lowest BCUT2D eigenvalue weighted by molar-refractivity contribution is -0.137. The molecule has 0 heterocycles. The number of hydrogen-bond acceptors (Lipinski definition) is 1. The molecule has 7 heteroatoms. The van der Waals surface area contributed by atoms with Crippen LogP contribution in [0.25, 0.3) is 0 Å². The van der Waals surface area contributed by atoms with E-state index in [1.165, 1.54) is 6.07 Å². The maximum atomic E-state index is 12.6. The normalized spacial score (nSPS) is 15.8. The maximum absolute atomic E-state index is 12.6. The molecule has 0 bridgehead atoms. The maximum Gasteiger partial charge on any atom is 0.417 e. The largest absolute Gasteiger partial charge is 0.417 e. The van der Waals surface area contributed by atoms with Crippen LogP contribution in [0, 0.1) is 0 Å². The van der Waals surface area contributed by atoms with Crippen LogP contribution in [0.1, 0.15) is 18.1 Å². The number of rotatable bonds is 3. The monoisotopic (exact) mass is 287 g/mol. The lowest BCUT2D eigenvalue weighted by Crippen LogP contribution is -2.45. The summed E-state index contributed by atoms with van der Waals surface area (Å²) in [4.78, 5) is 0. The van der Waals surface area contributed by atoms with Crippen LogP contribution in [-0.2, 0) is 12.6 Å². The summed E-state index contributed by atoms with van der Waals surface area (Å²) in [5.74, 6) is 0. The van der Waals surface area contributed by atoms with Crippen LogP contribution in [0.2, 0.25) is 5.02 Å². The van der Waals surface area contributed by atoms with Gasteiger partial charge in [0.25, 0.3) is 6.43 Å². The molecule has 1 aromatic rings. The molecule has 0 fully saturated rings. The van der Waals surface area contributed by atoms with Crippen molar-refractivity contribution in [2.24, 2.45) is 5.73 Å². The first-order chi connectivity index (χ1) is 8.04. The van der Waals surface area contributed by atoms with Crippen molar-refractivity contribution in [2.75, 3.05) is 0 Å². The van der Waals surface area contributed by atoms with E-state index < -0.39 is 28.7 Å². The fourth-order valence-electron chi connectivity index (χ4n) is 1.42. The fraction of sp³-hybridized carbons (Fsp3) is 0.455. The lowest BCUT2D eigenvalue weighted by Gasteiger charge is -2.24. The van der Waals surface area contributed by atoms with Crippen molar-refractivity contribution in [3.8, 4) is 0 Å². The van der Waals surface area contributed by atoms with Crippen molar-refractivity contribution >= 4 is 11.6 Å². The van der Waals surface area contributed by atoms with Gasteiger partial charge in [-0.25, -0.2) is 8.78 Å². The Hall–Kier alpha value is -0.880. The van der Waals surface area contributed by atoms with Crippen molar-refractivity contribution in [3.05, 3.63) is 34.3 Å². The van der Waals surface area contributed by atoms with Crippen molar-refractivity contribution in [1.82, 2.24) is 0 Å². The van der Waals surface area contributed by atoms with Crippen molar-refractivity contribution in [3.63, 3.8) is 0 Å². The average Bonchev–Trinajstić information content (AvgIpc) is 2.18. The molecular weight excluding hydrogens is 277 g/mol. The average molecular weight is 288 g/mol. The van der Waals surface area contributed by atoms with Gasteiger partial charge in [-0.05, 0) is 31.0 Å². The molecular formula is C11H11ClF5N. The Kier molecular flexibility index (Phi) is 4.23. The van der Waals surface area contributed by atoms with Gasteiger partial charge in [0.15, 0.2) is 0 Å². The highest BCUT2D eigenvalue weighted by molar-refractivity contribution is 6.31. The first-order valence-electron chi connectivity index (χ1n) is 4.96. The quantitative estimate of drug-likeness (QED) is 0.839. The van der Waals surface area contributed by atoms with Gasteiger partial charge in [0.05, 0.1) is 16.1 Å². The molecule has 1 rings (SSSR count). The highest BCUT2D eigenvalue weighted by atomic mass is 35.5. The molecule has 18 heavy (non-hydrogen) atoms. The van der Waals surface area contributed by atoms with E-state index in [-0.39, 0.29) is 12.0 Å². The smallest absolute Gasteiger partial charge is 0.320 e. The molecule has 1 unspecified atom stereocenters. The van der Waals surface area contributed by atoms with E-state index in [2.05, 4.69) is 0 Å². The van der Waals surface area contributed by atoms with Gasteiger partial charge in [0, 0.05) is 0 Å². The Bertz CT molecular complexity index is 428. The van der Waals surface area contributed by atoms with Crippen LogP contribution in [0.15, 0.2) is 18.2 Å². The third-order valence-electron chi connectivity index (χ3n) is 2.42. The molecule has 0 aliphatic carbocycles. The summed E-state index contributed by atoms with van der Waals surface area (Å²) in [6.45, 7) is 1.08. The lowest BCUT2D eigenvalue weighted by atomic mass is 9.93. The molecule has 0 amide bonds. The third kappa shape index (κ3) is 3.55. The summed E-state index contributed by atoms with van der Waals surface area (Å²) in [6, 6.07) is 3.03. The van der Waals surface area contributed by atoms with Gasteiger partial charge in [0.1, 0.15) is 0 Å². The zero-order chi connectivity index (χ0) is 14.1. The topological polar surface area (TPSA) is 26.0 Å². The number of hydrogen-bond donors (Lipinski definition) is 1. The Labute approximate surface area is 106 Å². The standard InChI is InChI=1S/C11H11ClF5N/c1-10(18,9(13)14)5-6-2-3-8(12)7(4-6)11(15,16)17/h2-4,9H,5,18H2,1H3. The summed E-state index contributed by atoms with van der Waals surface area (Å²) in [5.41, 5.74) is 2.46. The van der Waals surface area contributed by atoms with E-state index >= 15 is 0 Å². The molecule has 0 saturated heterocycles. The molecule has 0 aliphatic heterocycles. The van der Waals surface area contributed by atoms with Crippen LogP contribution in [-0.4, -0.2) is 12.0 Å². The van der Waals surface area contributed by atoms with Gasteiger partial charge in [-0.2, -0.15) is 13.2 Å². The van der Waals surface area contributed by atoms with Crippen LogP contribution in [0.4, 0.5) is 22.0 Å². The molecule has 0 aliphatic rings. The highest BCUT2D eigenvalue weighted by Crippen LogP contribution is 2.35. The third-order valence-corrected chi connectivity index (χ3v) is 2.75. The number of halogens is 6.